The number of hydrogen-bond donors (Lipinski definition) is 1. The van der Waals surface area contributed by atoms with Crippen LogP contribution in [0.5, 0.6) is 0 Å². The Kier molecular flexibility index (Phi) is 5.33. The number of fused-ring (bicyclic) bond motifs is 1. The fraction of sp³-hybridized carbons (Fsp3) is 0.526. The van der Waals surface area contributed by atoms with Crippen molar-refractivity contribution in [2.24, 2.45) is 4.99 Å². The summed E-state index contributed by atoms with van der Waals surface area (Å²) in [5, 5.41) is 11.8. The van der Waals surface area contributed by atoms with Gasteiger partial charge < -0.3 is 19.7 Å². The molecule has 1 aromatic heterocycles. The number of halogens is 3. The third-order valence-electron chi connectivity index (χ3n) is 5.42. The van der Waals surface area contributed by atoms with E-state index in [0.29, 0.717) is 38.4 Å². The molecular weight excluding hydrogens is 383 g/mol. The van der Waals surface area contributed by atoms with Crippen LogP contribution in [0.3, 0.4) is 0 Å². The predicted molar refractivity (Wildman–Crippen MR) is 104 cm³/mol. The van der Waals surface area contributed by atoms with Gasteiger partial charge in [-0.25, -0.2) is 0 Å². The Balaban J connectivity index is 1.34. The van der Waals surface area contributed by atoms with Crippen molar-refractivity contribution in [3.63, 3.8) is 0 Å². The van der Waals surface area contributed by atoms with Crippen molar-refractivity contribution in [1.29, 1.82) is 0 Å². The van der Waals surface area contributed by atoms with Crippen molar-refractivity contribution >= 4 is 11.6 Å². The van der Waals surface area contributed by atoms with Crippen molar-refractivity contribution in [2.45, 2.75) is 32.1 Å². The summed E-state index contributed by atoms with van der Waals surface area (Å²) in [6.07, 6.45) is -2.25. The zero-order valence-electron chi connectivity index (χ0n) is 16.3. The van der Waals surface area contributed by atoms with Crippen LogP contribution in [0, 0.1) is 0 Å². The molecule has 0 bridgehead atoms. The number of alkyl halides is 3. The first-order valence-electron chi connectivity index (χ1n) is 9.74. The Morgan fingerprint density at radius 1 is 1.14 bits per heavy atom. The van der Waals surface area contributed by atoms with E-state index in [1.807, 2.05) is 4.90 Å². The average Bonchev–Trinajstić information content (AvgIpc) is 3.33. The third-order valence-corrected chi connectivity index (χ3v) is 5.42. The molecule has 2 aromatic rings. The highest BCUT2D eigenvalue weighted by Crippen LogP contribution is 2.31. The lowest BCUT2D eigenvalue weighted by Crippen LogP contribution is -2.52. The molecule has 10 heteroatoms. The fourth-order valence-electron chi connectivity index (χ4n) is 3.89. The first-order valence-corrected chi connectivity index (χ1v) is 9.74. The second-order valence-corrected chi connectivity index (χ2v) is 7.21. The lowest BCUT2D eigenvalue weighted by atomic mass is 10.1. The molecule has 0 radical (unpaired) electrons. The number of guanidine groups is 1. The topological polar surface area (TPSA) is 61.6 Å². The summed E-state index contributed by atoms with van der Waals surface area (Å²) in [6, 6.07) is 5.51. The summed E-state index contributed by atoms with van der Waals surface area (Å²) in [7, 11) is 1.73. The first kappa shape index (κ1) is 19.5. The van der Waals surface area contributed by atoms with Crippen LogP contribution in [0.2, 0.25) is 0 Å². The van der Waals surface area contributed by atoms with Crippen LogP contribution in [-0.2, 0) is 25.7 Å². The number of nitrogens with one attached hydrogen (secondary N) is 1. The Labute approximate surface area is 167 Å². The molecule has 3 heterocycles. The van der Waals surface area contributed by atoms with E-state index in [-0.39, 0.29) is 0 Å². The van der Waals surface area contributed by atoms with Crippen LogP contribution in [0.1, 0.15) is 23.6 Å². The number of nitrogens with zero attached hydrogens (tertiary/aromatic N) is 6. The van der Waals surface area contributed by atoms with Gasteiger partial charge in [-0.3, -0.25) is 4.99 Å². The van der Waals surface area contributed by atoms with Gasteiger partial charge in [-0.15, -0.1) is 10.2 Å². The zero-order valence-corrected chi connectivity index (χ0v) is 16.3. The van der Waals surface area contributed by atoms with E-state index in [1.54, 1.807) is 13.1 Å². The molecule has 0 amide bonds. The number of benzene rings is 1. The number of anilines is 1. The van der Waals surface area contributed by atoms with E-state index in [2.05, 4.69) is 30.0 Å². The number of aromatic nitrogens is 3. The Hall–Kier alpha value is -2.78. The van der Waals surface area contributed by atoms with E-state index in [0.717, 1.165) is 43.1 Å². The predicted octanol–water partition coefficient (Wildman–Crippen LogP) is 2.14. The number of aliphatic imine (C=N–C) groups is 1. The lowest BCUT2D eigenvalue weighted by Gasteiger charge is -2.37. The third kappa shape index (κ3) is 4.15. The van der Waals surface area contributed by atoms with Gasteiger partial charge in [-0.1, -0.05) is 6.07 Å². The molecule has 1 fully saturated rings. The van der Waals surface area contributed by atoms with Gasteiger partial charge in [-0.05, 0) is 24.6 Å². The molecule has 7 nitrogen and oxygen atoms in total. The summed E-state index contributed by atoms with van der Waals surface area (Å²) in [6.45, 7) is 4.10. The number of aryl methyl sites for hydroxylation is 1. The van der Waals surface area contributed by atoms with Crippen LogP contribution >= 0.6 is 0 Å². The number of rotatable bonds is 3. The minimum absolute atomic E-state index is 0.549. The first-order chi connectivity index (χ1) is 14.0. The molecule has 0 saturated carbocycles. The van der Waals surface area contributed by atoms with Crippen molar-refractivity contribution < 1.29 is 13.2 Å². The molecule has 1 saturated heterocycles. The molecular formula is C19H24F3N7. The Morgan fingerprint density at radius 2 is 1.93 bits per heavy atom. The largest absolute Gasteiger partial charge is 0.416 e. The van der Waals surface area contributed by atoms with Gasteiger partial charge >= 0.3 is 6.18 Å². The molecule has 2 aliphatic heterocycles. The van der Waals surface area contributed by atoms with E-state index >= 15 is 0 Å². The highest BCUT2D eigenvalue weighted by molar-refractivity contribution is 5.80. The second kappa shape index (κ2) is 7.92. The van der Waals surface area contributed by atoms with E-state index in [4.69, 9.17) is 0 Å². The molecule has 0 atom stereocenters. The number of hydrogen-bond acceptors (Lipinski definition) is 4. The highest BCUT2D eigenvalue weighted by Gasteiger charge is 2.31. The maximum atomic E-state index is 13.0. The molecule has 29 heavy (non-hydrogen) atoms. The van der Waals surface area contributed by atoms with Gasteiger partial charge in [-0.2, -0.15) is 13.2 Å². The second-order valence-electron chi connectivity index (χ2n) is 7.21. The van der Waals surface area contributed by atoms with Crippen molar-refractivity contribution in [3.8, 4) is 0 Å². The van der Waals surface area contributed by atoms with Crippen LogP contribution in [0.4, 0.5) is 18.9 Å². The Bertz CT molecular complexity index is 882. The smallest absolute Gasteiger partial charge is 0.368 e. The van der Waals surface area contributed by atoms with Crippen LogP contribution in [0.25, 0.3) is 0 Å². The van der Waals surface area contributed by atoms with Crippen molar-refractivity contribution in [2.75, 3.05) is 38.1 Å². The van der Waals surface area contributed by atoms with Gasteiger partial charge in [0.05, 0.1) is 12.1 Å². The van der Waals surface area contributed by atoms with Crippen LogP contribution < -0.4 is 10.2 Å². The van der Waals surface area contributed by atoms with Gasteiger partial charge in [0.15, 0.2) is 11.8 Å². The maximum Gasteiger partial charge on any atom is 0.416 e. The van der Waals surface area contributed by atoms with Crippen LogP contribution in [0.15, 0.2) is 29.3 Å². The molecule has 1 N–H and O–H groups in total. The normalized spacial score (nSPS) is 17.6. The molecule has 156 valence electrons. The summed E-state index contributed by atoms with van der Waals surface area (Å²) < 4.78 is 41.1. The SMILES string of the molecule is CN=C(NCc1nnc2n1CCC2)N1CCN(c2cccc(C(F)(F)F)c2)CC1. The monoisotopic (exact) mass is 407 g/mol. The molecule has 0 unspecified atom stereocenters. The molecule has 2 aliphatic rings. The van der Waals surface area contributed by atoms with Gasteiger partial charge in [0, 0.05) is 51.9 Å². The lowest BCUT2D eigenvalue weighted by molar-refractivity contribution is -0.137. The van der Waals surface area contributed by atoms with Crippen molar-refractivity contribution in [3.05, 3.63) is 41.5 Å². The molecule has 0 aliphatic carbocycles. The quantitative estimate of drug-likeness (QED) is 0.624. The minimum atomic E-state index is -4.33. The minimum Gasteiger partial charge on any atom is -0.368 e. The van der Waals surface area contributed by atoms with Gasteiger partial charge in [0.1, 0.15) is 5.82 Å². The van der Waals surface area contributed by atoms with E-state index in [1.165, 1.54) is 12.1 Å². The summed E-state index contributed by atoms with van der Waals surface area (Å²) >= 11 is 0. The maximum absolute atomic E-state index is 13.0. The molecule has 0 spiro atoms. The summed E-state index contributed by atoms with van der Waals surface area (Å²) in [5.41, 5.74) is -0.0165. The fourth-order valence-corrected chi connectivity index (χ4v) is 3.89. The summed E-state index contributed by atoms with van der Waals surface area (Å²) in [4.78, 5) is 8.45. The zero-order chi connectivity index (χ0) is 20.4. The summed E-state index contributed by atoms with van der Waals surface area (Å²) in [5.74, 6) is 2.71. The van der Waals surface area contributed by atoms with Crippen LogP contribution in [-0.4, -0.2) is 58.9 Å². The van der Waals surface area contributed by atoms with E-state index < -0.39 is 11.7 Å². The van der Waals surface area contributed by atoms with Crippen molar-refractivity contribution in [1.82, 2.24) is 25.0 Å². The average molecular weight is 407 g/mol. The standard InChI is InChI=1S/C19H24F3N7/c1-23-18(24-13-17-26-25-16-6-3-7-29(16)17)28-10-8-27(9-11-28)15-5-2-4-14(12-15)19(20,21)22/h2,4-5,12H,3,6-11,13H2,1H3,(H,23,24). The molecule has 4 rings (SSSR count). The van der Waals surface area contributed by atoms with E-state index in [9.17, 15) is 13.2 Å². The number of piperazine rings is 1. The Morgan fingerprint density at radius 3 is 2.66 bits per heavy atom. The highest BCUT2D eigenvalue weighted by atomic mass is 19.4. The van der Waals surface area contributed by atoms with Gasteiger partial charge in [0.2, 0.25) is 0 Å². The van der Waals surface area contributed by atoms with Gasteiger partial charge in [0.25, 0.3) is 0 Å². The molecule has 1 aromatic carbocycles.